The third-order valence-corrected chi connectivity index (χ3v) is 6.87. The summed E-state index contributed by atoms with van der Waals surface area (Å²) in [5.41, 5.74) is 0.976. The Morgan fingerprint density at radius 2 is 2.00 bits per heavy atom. The van der Waals surface area contributed by atoms with Gasteiger partial charge in [-0.05, 0) is 37.3 Å². The molecule has 4 rings (SSSR count). The first-order chi connectivity index (χ1) is 12.3. The molecule has 4 nitrogen and oxygen atoms in total. The molecule has 1 N–H and O–H groups in total. The maximum Gasteiger partial charge on any atom is 0.0711 e. The molecule has 2 aliphatic rings. The van der Waals surface area contributed by atoms with Gasteiger partial charge in [0.15, 0.2) is 0 Å². The topological polar surface area (TPSA) is 49.2 Å². The van der Waals surface area contributed by atoms with Crippen molar-refractivity contribution in [1.82, 2.24) is 14.9 Å². The van der Waals surface area contributed by atoms with Gasteiger partial charge in [-0.25, -0.2) is 0 Å². The van der Waals surface area contributed by atoms with Crippen molar-refractivity contribution in [3.05, 3.63) is 46.2 Å². The van der Waals surface area contributed by atoms with Crippen molar-refractivity contribution in [3.63, 3.8) is 0 Å². The molecule has 2 aromatic heterocycles. The highest BCUT2D eigenvalue weighted by molar-refractivity contribution is 7.12. The van der Waals surface area contributed by atoms with E-state index in [1.54, 1.807) is 17.3 Å². The van der Waals surface area contributed by atoms with E-state index in [-0.39, 0.29) is 12.0 Å². The van der Waals surface area contributed by atoms with E-state index >= 15 is 0 Å². The van der Waals surface area contributed by atoms with Crippen molar-refractivity contribution in [2.75, 3.05) is 13.1 Å². The number of nitrogens with zero attached hydrogens (tertiary/aromatic N) is 3. The van der Waals surface area contributed by atoms with Gasteiger partial charge in [-0.3, -0.25) is 14.9 Å². The summed E-state index contributed by atoms with van der Waals surface area (Å²) in [4.78, 5) is 13.9. The van der Waals surface area contributed by atoms with Crippen LogP contribution in [0.3, 0.4) is 0 Å². The van der Waals surface area contributed by atoms with Gasteiger partial charge in [0, 0.05) is 53.9 Å². The second-order valence-corrected chi connectivity index (χ2v) is 8.76. The summed E-state index contributed by atoms with van der Waals surface area (Å²) in [6, 6.07) is 4.65. The molecule has 0 amide bonds. The lowest BCUT2D eigenvalue weighted by Gasteiger charge is -2.20. The summed E-state index contributed by atoms with van der Waals surface area (Å²) in [6.07, 6.45) is 12.7. The fourth-order valence-electron chi connectivity index (χ4n) is 4.28. The Kier molecular flexibility index (Phi) is 5.44. The Balaban J connectivity index is 1.33. The first kappa shape index (κ1) is 17.1. The van der Waals surface area contributed by atoms with Crippen LogP contribution in [-0.2, 0) is 13.0 Å². The molecule has 0 spiro atoms. The first-order valence-corrected chi connectivity index (χ1v) is 10.3. The molecule has 3 heterocycles. The van der Waals surface area contributed by atoms with Gasteiger partial charge in [0.05, 0.1) is 11.8 Å². The van der Waals surface area contributed by atoms with E-state index < -0.39 is 0 Å². The zero-order chi connectivity index (χ0) is 17.1. The van der Waals surface area contributed by atoms with Gasteiger partial charge in [-0.2, -0.15) is 0 Å². The van der Waals surface area contributed by atoms with Crippen LogP contribution in [0, 0.1) is 5.92 Å². The zero-order valence-corrected chi connectivity index (χ0v) is 15.5. The fourth-order valence-corrected chi connectivity index (χ4v) is 5.51. The average Bonchev–Trinajstić information content (AvgIpc) is 3.24. The largest absolute Gasteiger partial charge is 0.391 e. The van der Waals surface area contributed by atoms with E-state index in [2.05, 4.69) is 27.0 Å². The van der Waals surface area contributed by atoms with Gasteiger partial charge in [-0.15, -0.1) is 11.3 Å². The van der Waals surface area contributed by atoms with Crippen molar-refractivity contribution >= 4 is 11.3 Å². The van der Waals surface area contributed by atoms with Crippen molar-refractivity contribution < 1.29 is 5.11 Å². The standard InChI is InChI=1S/C20H27N3OS/c24-19-14-23(12-16(19)10-17-11-21-8-9-22-17)13-18-6-7-20(25-18)15-4-2-1-3-5-15/h6-9,11,15-16,19,24H,1-5,10,12-14H2/t16-,19-/m1/s1. The number of aliphatic hydroxyl groups excluding tert-OH is 1. The maximum absolute atomic E-state index is 10.4. The molecule has 2 aromatic rings. The number of β-amino-alcohol motifs (C(OH)–C–C–N with tert-alkyl or cyclic N) is 1. The van der Waals surface area contributed by atoms with Gasteiger partial charge in [0.1, 0.15) is 0 Å². The van der Waals surface area contributed by atoms with Gasteiger partial charge >= 0.3 is 0 Å². The lowest BCUT2D eigenvalue weighted by atomic mass is 9.88. The normalized spacial score (nSPS) is 25.5. The smallest absolute Gasteiger partial charge is 0.0711 e. The third kappa shape index (κ3) is 4.27. The highest BCUT2D eigenvalue weighted by atomic mass is 32.1. The molecule has 2 fully saturated rings. The molecule has 0 bridgehead atoms. The molecule has 1 saturated carbocycles. The van der Waals surface area contributed by atoms with Gasteiger partial charge in [-0.1, -0.05) is 19.3 Å². The van der Waals surface area contributed by atoms with Crippen LogP contribution >= 0.6 is 11.3 Å². The van der Waals surface area contributed by atoms with Crippen LogP contribution in [0.2, 0.25) is 0 Å². The van der Waals surface area contributed by atoms with E-state index in [0.29, 0.717) is 0 Å². The Bertz CT molecular complexity index is 669. The summed E-state index contributed by atoms with van der Waals surface area (Å²) < 4.78 is 0. The summed E-state index contributed by atoms with van der Waals surface area (Å²) in [6.45, 7) is 2.67. The molecular weight excluding hydrogens is 330 g/mol. The van der Waals surface area contributed by atoms with Crippen molar-refractivity contribution in [2.24, 2.45) is 5.92 Å². The van der Waals surface area contributed by atoms with Gasteiger partial charge in [0.25, 0.3) is 0 Å². The molecule has 0 aromatic carbocycles. The van der Waals surface area contributed by atoms with Crippen LogP contribution in [0.4, 0.5) is 0 Å². The molecule has 1 aliphatic carbocycles. The second-order valence-electron chi connectivity index (χ2n) is 7.56. The van der Waals surface area contributed by atoms with E-state index in [1.807, 2.05) is 17.5 Å². The minimum atomic E-state index is -0.264. The SMILES string of the molecule is O[C@@H]1CN(Cc2ccc(C3CCCCC3)s2)C[C@H]1Cc1cnccn1. The number of aliphatic hydroxyl groups is 1. The molecule has 134 valence electrons. The average molecular weight is 358 g/mol. The number of likely N-dealkylation sites (tertiary alicyclic amines) is 1. The van der Waals surface area contributed by atoms with E-state index in [1.165, 1.54) is 37.0 Å². The summed E-state index contributed by atoms with van der Waals surface area (Å²) >= 11 is 1.99. The van der Waals surface area contributed by atoms with Gasteiger partial charge in [0.2, 0.25) is 0 Å². The fraction of sp³-hybridized carbons (Fsp3) is 0.600. The van der Waals surface area contributed by atoms with Crippen LogP contribution in [0.5, 0.6) is 0 Å². The van der Waals surface area contributed by atoms with Crippen LogP contribution in [-0.4, -0.2) is 39.2 Å². The third-order valence-electron chi connectivity index (χ3n) is 5.64. The maximum atomic E-state index is 10.4. The van der Waals surface area contributed by atoms with Gasteiger partial charge < -0.3 is 5.11 Å². The highest BCUT2D eigenvalue weighted by Crippen LogP contribution is 2.37. The Hall–Kier alpha value is -1.30. The van der Waals surface area contributed by atoms with E-state index in [4.69, 9.17) is 0 Å². The zero-order valence-electron chi connectivity index (χ0n) is 14.7. The number of aromatic nitrogens is 2. The quantitative estimate of drug-likeness (QED) is 0.888. The predicted molar refractivity (Wildman–Crippen MR) is 101 cm³/mol. The molecule has 1 aliphatic heterocycles. The Morgan fingerprint density at radius 1 is 1.12 bits per heavy atom. The minimum absolute atomic E-state index is 0.259. The monoisotopic (exact) mass is 357 g/mol. The molecule has 2 atom stereocenters. The lowest BCUT2D eigenvalue weighted by Crippen LogP contribution is -2.20. The van der Waals surface area contributed by atoms with Crippen molar-refractivity contribution in [1.29, 1.82) is 0 Å². The molecular formula is C20H27N3OS. The van der Waals surface area contributed by atoms with Crippen LogP contribution in [0.25, 0.3) is 0 Å². The lowest BCUT2D eigenvalue weighted by molar-refractivity contribution is 0.140. The van der Waals surface area contributed by atoms with Crippen LogP contribution < -0.4 is 0 Å². The Labute approximate surface area is 153 Å². The molecule has 0 unspecified atom stereocenters. The van der Waals surface area contributed by atoms with E-state index in [0.717, 1.165) is 37.7 Å². The molecule has 1 saturated heterocycles. The predicted octanol–water partition coefficient (Wildman–Crippen LogP) is 3.62. The number of rotatable bonds is 5. The summed E-state index contributed by atoms with van der Waals surface area (Å²) in [5.74, 6) is 1.05. The Morgan fingerprint density at radius 3 is 2.80 bits per heavy atom. The second kappa shape index (κ2) is 7.94. The molecule has 0 radical (unpaired) electrons. The summed E-state index contributed by atoms with van der Waals surface area (Å²) in [5, 5.41) is 10.4. The summed E-state index contributed by atoms with van der Waals surface area (Å²) in [7, 11) is 0. The molecule has 5 heteroatoms. The van der Waals surface area contributed by atoms with E-state index in [9.17, 15) is 5.11 Å². The number of hydrogen-bond acceptors (Lipinski definition) is 5. The number of hydrogen-bond donors (Lipinski definition) is 1. The highest BCUT2D eigenvalue weighted by Gasteiger charge is 2.32. The van der Waals surface area contributed by atoms with Crippen LogP contribution in [0.1, 0.15) is 53.5 Å². The van der Waals surface area contributed by atoms with Crippen LogP contribution in [0.15, 0.2) is 30.7 Å². The minimum Gasteiger partial charge on any atom is -0.391 e. The molecule has 25 heavy (non-hydrogen) atoms. The first-order valence-electron chi connectivity index (χ1n) is 9.52. The number of thiophene rings is 1. The van der Waals surface area contributed by atoms with Crippen molar-refractivity contribution in [3.8, 4) is 0 Å². The van der Waals surface area contributed by atoms with Crippen molar-refractivity contribution in [2.45, 2.75) is 57.1 Å².